The fourth-order valence-corrected chi connectivity index (χ4v) is 6.59. The molecule has 0 unspecified atom stereocenters. The van der Waals surface area contributed by atoms with Gasteiger partial charge < -0.3 is 29.8 Å². The fraction of sp³-hybridized carbons (Fsp3) is 0.237. The van der Waals surface area contributed by atoms with Gasteiger partial charge in [-0.3, -0.25) is 4.79 Å². The summed E-state index contributed by atoms with van der Waals surface area (Å²) in [7, 11) is 0. The van der Waals surface area contributed by atoms with E-state index < -0.39 is 17.9 Å². The lowest BCUT2D eigenvalue weighted by Crippen LogP contribution is -2.42. The highest BCUT2D eigenvalue weighted by molar-refractivity contribution is 6.00. The second-order valence-electron chi connectivity index (χ2n) is 12.2. The predicted molar refractivity (Wildman–Crippen MR) is 181 cm³/mol. The number of aromatic nitrogens is 3. The van der Waals surface area contributed by atoms with Crippen molar-refractivity contribution in [2.75, 3.05) is 0 Å². The van der Waals surface area contributed by atoms with E-state index in [0.717, 1.165) is 59.4 Å². The Labute approximate surface area is 271 Å². The van der Waals surface area contributed by atoms with Gasteiger partial charge in [-0.2, -0.15) is 0 Å². The third-order valence-corrected chi connectivity index (χ3v) is 9.03. The molecule has 1 atom stereocenters. The number of carbonyl (C=O) groups is 2. The van der Waals surface area contributed by atoms with Crippen molar-refractivity contribution in [1.82, 2.24) is 19.9 Å². The molecule has 9 nitrogen and oxygen atoms in total. The van der Waals surface area contributed by atoms with Crippen molar-refractivity contribution < 1.29 is 24.5 Å². The maximum atomic E-state index is 13.4. The maximum Gasteiger partial charge on any atom is 0.326 e. The van der Waals surface area contributed by atoms with Crippen LogP contribution in [0.3, 0.4) is 0 Å². The van der Waals surface area contributed by atoms with Gasteiger partial charge in [-0.25, -0.2) is 9.78 Å². The van der Waals surface area contributed by atoms with Crippen LogP contribution < -0.4 is 10.1 Å². The van der Waals surface area contributed by atoms with Crippen LogP contribution in [0.4, 0.5) is 0 Å². The number of ether oxygens (including phenoxy) is 1. The molecule has 238 valence electrons. The summed E-state index contributed by atoms with van der Waals surface area (Å²) in [5.41, 5.74) is 5.49. The largest absolute Gasteiger partial charge is 0.508 e. The van der Waals surface area contributed by atoms with Crippen molar-refractivity contribution in [1.29, 1.82) is 0 Å². The van der Waals surface area contributed by atoms with Gasteiger partial charge in [0.05, 0.1) is 11.0 Å². The van der Waals surface area contributed by atoms with Gasteiger partial charge in [-0.1, -0.05) is 49.6 Å². The summed E-state index contributed by atoms with van der Waals surface area (Å²) in [6.07, 6.45) is 7.42. The molecule has 0 saturated heterocycles. The van der Waals surface area contributed by atoms with Crippen LogP contribution in [0.1, 0.15) is 59.6 Å². The van der Waals surface area contributed by atoms with E-state index in [1.54, 1.807) is 36.5 Å². The van der Waals surface area contributed by atoms with Gasteiger partial charge in [-0.05, 0) is 84.6 Å². The molecular formula is C38H36N4O5. The van der Waals surface area contributed by atoms with Crippen LogP contribution in [-0.4, -0.2) is 42.7 Å². The lowest BCUT2D eigenvalue weighted by Gasteiger charge is -2.25. The van der Waals surface area contributed by atoms with Gasteiger partial charge >= 0.3 is 5.97 Å². The molecule has 6 aromatic rings. The zero-order chi connectivity index (χ0) is 32.3. The summed E-state index contributed by atoms with van der Waals surface area (Å²) in [5.74, 6) is 0.0611. The van der Waals surface area contributed by atoms with Crippen LogP contribution in [0.25, 0.3) is 33.3 Å². The average Bonchev–Trinajstić information content (AvgIpc) is 3.68. The second kappa shape index (κ2) is 13.0. The molecular weight excluding hydrogens is 592 g/mol. The molecule has 9 heteroatoms. The Bertz CT molecular complexity index is 2040. The molecule has 0 spiro atoms. The molecule has 0 aliphatic heterocycles. The smallest absolute Gasteiger partial charge is 0.326 e. The van der Waals surface area contributed by atoms with E-state index in [1.165, 1.54) is 6.42 Å². The Morgan fingerprint density at radius 1 is 0.957 bits per heavy atom. The molecule has 1 aliphatic rings. The zero-order valence-corrected chi connectivity index (χ0v) is 25.9. The number of nitrogens with zero attached hydrogens (tertiary/aromatic N) is 2. The number of imidazole rings is 1. The van der Waals surface area contributed by atoms with E-state index in [-0.39, 0.29) is 12.2 Å². The number of fused-ring (bicyclic) bond motifs is 2. The number of carboxylic acids is 1. The van der Waals surface area contributed by atoms with Crippen LogP contribution in [0, 0.1) is 0 Å². The summed E-state index contributed by atoms with van der Waals surface area (Å²) in [6.45, 7) is 0.486. The number of hydrogen-bond donors (Lipinski definition) is 4. The lowest BCUT2D eigenvalue weighted by atomic mass is 9.94. The number of phenolic OH excluding ortho intramolecular Hbond substituents is 1. The number of hydrogen-bond acceptors (Lipinski definition) is 5. The molecule has 2 aromatic heterocycles. The number of aromatic hydroxyl groups is 1. The van der Waals surface area contributed by atoms with Gasteiger partial charge in [-0.15, -0.1) is 0 Å². The normalized spacial score (nSPS) is 14.3. The highest BCUT2D eigenvalue weighted by atomic mass is 16.5. The molecule has 7 rings (SSSR count). The van der Waals surface area contributed by atoms with Crippen molar-refractivity contribution >= 4 is 33.8 Å². The molecule has 47 heavy (non-hydrogen) atoms. The van der Waals surface area contributed by atoms with E-state index in [4.69, 9.17) is 9.72 Å². The molecule has 2 heterocycles. The van der Waals surface area contributed by atoms with E-state index in [2.05, 4.69) is 14.9 Å². The summed E-state index contributed by atoms with van der Waals surface area (Å²) in [4.78, 5) is 33.8. The van der Waals surface area contributed by atoms with E-state index in [0.29, 0.717) is 34.7 Å². The Morgan fingerprint density at radius 3 is 2.51 bits per heavy atom. The van der Waals surface area contributed by atoms with Crippen LogP contribution in [0.5, 0.6) is 11.5 Å². The van der Waals surface area contributed by atoms with Gasteiger partial charge in [0.15, 0.2) is 0 Å². The topological polar surface area (TPSA) is 129 Å². The number of carbonyl (C=O) groups excluding carboxylic acids is 1. The third-order valence-electron chi connectivity index (χ3n) is 9.03. The van der Waals surface area contributed by atoms with E-state index >= 15 is 0 Å². The zero-order valence-electron chi connectivity index (χ0n) is 25.9. The molecule has 4 N–H and O–H groups in total. The number of phenols is 1. The number of rotatable bonds is 10. The van der Waals surface area contributed by atoms with Crippen molar-refractivity contribution in [2.24, 2.45) is 0 Å². The number of H-pyrrole nitrogens is 1. The number of nitrogens with one attached hydrogen (secondary N) is 2. The first-order valence-electron chi connectivity index (χ1n) is 16.0. The van der Waals surface area contributed by atoms with Gasteiger partial charge in [0, 0.05) is 40.7 Å². The Kier molecular flexibility index (Phi) is 8.35. The van der Waals surface area contributed by atoms with Crippen molar-refractivity contribution in [3.05, 3.63) is 114 Å². The first-order chi connectivity index (χ1) is 22.9. The van der Waals surface area contributed by atoms with Crippen molar-refractivity contribution in [3.8, 4) is 22.9 Å². The lowest BCUT2D eigenvalue weighted by molar-refractivity contribution is -0.139. The summed E-state index contributed by atoms with van der Waals surface area (Å²) in [6, 6.07) is 27.4. The average molecular weight is 629 g/mol. The van der Waals surface area contributed by atoms with Gasteiger partial charge in [0.25, 0.3) is 5.91 Å². The number of carboxylic acid groups (broad SMARTS) is 1. The van der Waals surface area contributed by atoms with Crippen LogP contribution >= 0.6 is 0 Å². The Balaban J connectivity index is 1.15. The highest BCUT2D eigenvalue weighted by Crippen LogP contribution is 2.36. The molecule has 1 fully saturated rings. The highest BCUT2D eigenvalue weighted by Gasteiger charge is 2.25. The summed E-state index contributed by atoms with van der Waals surface area (Å²) >= 11 is 0. The molecule has 1 amide bonds. The number of benzene rings is 4. The predicted octanol–water partition coefficient (Wildman–Crippen LogP) is 7.40. The third kappa shape index (κ3) is 6.42. The van der Waals surface area contributed by atoms with Gasteiger partial charge in [0.2, 0.25) is 0 Å². The Hall–Kier alpha value is -5.57. The van der Waals surface area contributed by atoms with Crippen LogP contribution in [0.15, 0.2) is 97.2 Å². The first kappa shape index (κ1) is 30.1. The monoisotopic (exact) mass is 628 g/mol. The maximum absolute atomic E-state index is 13.4. The minimum absolute atomic E-state index is 0.0539. The standard InChI is InChI=1S/C38H36N4O5/c43-29-14-17-32-31(21-29)27(22-39-32)20-34(38(45)46)41-37(44)26-13-18-35-33(19-26)40-36(42(35)28-9-5-2-6-10-28)25-11-15-30(16-12-25)47-23-24-7-3-1-4-8-24/h1,3-4,7-8,11-19,21-22,28,34,39,43H,2,5-6,9-10,20,23H2,(H,41,44)(H,45,46)/t34-/m0/s1. The van der Waals surface area contributed by atoms with Crippen LogP contribution in [-0.2, 0) is 17.8 Å². The van der Waals surface area contributed by atoms with Gasteiger partial charge in [0.1, 0.15) is 30.0 Å². The number of aromatic amines is 1. The minimum Gasteiger partial charge on any atom is -0.508 e. The fourth-order valence-electron chi connectivity index (χ4n) is 6.59. The number of amides is 1. The molecule has 4 aromatic carbocycles. The number of aliphatic carboxylic acids is 1. The van der Waals surface area contributed by atoms with Crippen molar-refractivity contribution in [2.45, 2.75) is 57.2 Å². The second-order valence-corrected chi connectivity index (χ2v) is 12.2. The molecule has 0 radical (unpaired) electrons. The summed E-state index contributed by atoms with van der Waals surface area (Å²) in [5, 5.41) is 23.3. The first-order valence-corrected chi connectivity index (χ1v) is 16.0. The molecule has 0 bridgehead atoms. The van der Waals surface area contributed by atoms with Crippen LogP contribution in [0.2, 0.25) is 0 Å². The summed E-state index contributed by atoms with van der Waals surface area (Å²) < 4.78 is 8.32. The molecule has 1 aliphatic carbocycles. The SMILES string of the molecule is O=C(N[C@@H](Cc1c[nH]c2ccc(O)cc12)C(=O)O)c1ccc2c(c1)nc(-c1ccc(OCc3ccccc3)cc1)n2C1CCCCC1. The minimum atomic E-state index is -1.17. The van der Waals surface area contributed by atoms with Crippen molar-refractivity contribution in [3.63, 3.8) is 0 Å². The quantitative estimate of drug-likeness (QED) is 0.125. The Morgan fingerprint density at radius 2 is 1.74 bits per heavy atom. The van der Waals surface area contributed by atoms with E-state index in [9.17, 15) is 19.8 Å². The van der Waals surface area contributed by atoms with E-state index in [1.807, 2.05) is 60.7 Å². The molecule has 1 saturated carbocycles.